The van der Waals surface area contributed by atoms with Gasteiger partial charge in [-0.3, -0.25) is 0 Å². The fourth-order valence-corrected chi connectivity index (χ4v) is 1.59. The first kappa shape index (κ1) is 10.3. The van der Waals surface area contributed by atoms with Gasteiger partial charge in [-0.1, -0.05) is 6.08 Å². The van der Waals surface area contributed by atoms with Gasteiger partial charge in [0, 0.05) is 11.9 Å². The van der Waals surface area contributed by atoms with E-state index in [0.717, 1.165) is 17.9 Å². The van der Waals surface area contributed by atoms with Crippen molar-refractivity contribution in [3.63, 3.8) is 0 Å². The zero-order valence-corrected chi connectivity index (χ0v) is 9.05. The van der Waals surface area contributed by atoms with Crippen LogP contribution < -0.4 is 9.64 Å². The molecule has 80 valence electrons. The Morgan fingerprint density at radius 3 is 2.69 bits per heavy atom. The summed E-state index contributed by atoms with van der Waals surface area (Å²) < 4.78 is 5.09. The first-order valence-electron chi connectivity index (χ1n) is 5.05. The molecule has 0 radical (unpaired) electrons. The zero-order chi connectivity index (χ0) is 11.4. The van der Waals surface area contributed by atoms with E-state index in [4.69, 9.17) is 10.00 Å². The lowest BCUT2D eigenvalue weighted by Crippen LogP contribution is -2.16. The standard InChI is InChI=1S/C13H12N2O/c1-16-13-7-5-11(6-8-13)15-9-3-2-4-12(15)10-14/h3-9H,2H2,1H3. The second kappa shape index (κ2) is 4.54. The molecule has 0 amide bonds. The topological polar surface area (TPSA) is 36.3 Å². The van der Waals surface area contributed by atoms with Crippen LogP contribution in [0.5, 0.6) is 5.75 Å². The van der Waals surface area contributed by atoms with Crippen molar-refractivity contribution < 1.29 is 4.74 Å². The molecule has 0 aliphatic carbocycles. The summed E-state index contributed by atoms with van der Waals surface area (Å²) in [6.45, 7) is 0. The number of ether oxygens (including phenoxy) is 1. The molecule has 3 heteroatoms. The molecule has 2 rings (SSSR count). The average molecular weight is 212 g/mol. The number of hydrogen-bond acceptors (Lipinski definition) is 3. The Hall–Kier alpha value is -2.21. The lowest BCUT2D eigenvalue weighted by Gasteiger charge is -2.21. The van der Waals surface area contributed by atoms with Crippen molar-refractivity contribution >= 4 is 5.69 Å². The zero-order valence-electron chi connectivity index (χ0n) is 9.05. The monoisotopic (exact) mass is 212 g/mol. The maximum absolute atomic E-state index is 9.00. The highest BCUT2D eigenvalue weighted by Gasteiger charge is 2.10. The number of methoxy groups -OCH3 is 1. The summed E-state index contributed by atoms with van der Waals surface area (Å²) in [5, 5.41) is 9.00. The van der Waals surface area contributed by atoms with Crippen LogP contribution >= 0.6 is 0 Å². The SMILES string of the molecule is COc1ccc(N2C=CCC=C2C#N)cc1. The molecule has 1 aliphatic heterocycles. The van der Waals surface area contributed by atoms with Crippen LogP contribution in [-0.4, -0.2) is 7.11 Å². The van der Waals surface area contributed by atoms with Gasteiger partial charge in [0.1, 0.15) is 17.5 Å². The van der Waals surface area contributed by atoms with Crippen LogP contribution in [0.15, 0.2) is 48.3 Å². The third-order valence-corrected chi connectivity index (χ3v) is 2.43. The predicted octanol–water partition coefficient (Wildman–Crippen LogP) is 2.83. The van der Waals surface area contributed by atoms with Crippen LogP contribution in [0, 0.1) is 11.3 Å². The van der Waals surface area contributed by atoms with Gasteiger partial charge in [-0.15, -0.1) is 0 Å². The van der Waals surface area contributed by atoms with Gasteiger partial charge < -0.3 is 9.64 Å². The molecular formula is C13H12N2O. The number of benzene rings is 1. The van der Waals surface area contributed by atoms with Gasteiger partial charge in [-0.05, 0) is 36.8 Å². The number of allylic oxidation sites excluding steroid dienone is 3. The number of hydrogen-bond donors (Lipinski definition) is 0. The summed E-state index contributed by atoms with van der Waals surface area (Å²) in [6.07, 6.45) is 6.66. The molecule has 1 aliphatic rings. The molecule has 0 unspecified atom stereocenters. The van der Waals surface area contributed by atoms with Crippen molar-refractivity contribution in [2.24, 2.45) is 0 Å². The highest BCUT2D eigenvalue weighted by Crippen LogP contribution is 2.24. The molecule has 16 heavy (non-hydrogen) atoms. The van der Waals surface area contributed by atoms with E-state index in [1.54, 1.807) is 7.11 Å². The van der Waals surface area contributed by atoms with E-state index < -0.39 is 0 Å². The fourth-order valence-electron chi connectivity index (χ4n) is 1.59. The lowest BCUT2D eigenvalue weighted by molar-refractivity contribution is 0.415. The largest absolute Gasteiger partial charge is 0.497 e. The molecule has 0 fully saturated rings. The minimum Gasteiger partial charge on any atom is -0.497 e. The maximum Gasteiger partial charge on any atom is 0.120 e. The van der Waals surface area contributed by atoms with E-state index in [9.17, 15) is 0 Å². The van der Waals surface area contributed by atoms with Crippen molar-refractivity contribution in [2.75, 3.05) is 12.0 Å². The molecule has 0 spiro atoms. The minimum atomic E-state index is 0.660. The smallest absolute Gasteiger partial charge is 0.120 e. The number of nitriles is 1. The second-order valence-corrected chi connectivity index (χ2v) is 3.39. The highest BCUT2D eigenvalue weighted by molar-refractivity contribution is 5.60. The molecule has 0 bridgehead atoms. The van der Waals surface area contributed by atoms with Gasteiger partial charge in [-0.25, -0.2) is 0 Å². The summed E-state index contributed by atoms with van der Waals surface area (Å²) in [6, 6.07) is 9.81. The summed E-state index contributed by atoms with van der Waals surface area (Å²) in [4.78, 5) is 1.86. The molecule has 0 saturated heterocycles. The van der Waals surface area contributed by atoms with Crippen LogP contribution in [0.3, 0.4) is 0 Å². The van der Waals surface area contributed by atoms with Crippen LogP contribution in [0.1, 0.15) is 6.42 Å². The molecule has 0 N–H and O–H groups in total. The van der Waals surface area contributed by atoms with Gasteiger partial charge in [0.25, 0.3) is 0 Å². The van der Waals surface area contributed by atoms with Crippen molar-refractivity contribution in [2.45, 2.75) is 6.42 Å². The molecule has 1 heterocycles. The summed E-state index contributed by atoms with van der Waals surface area (Å²) in [7, 11) is 1.64. The summed E-state index contributed by atoms with van der Waals surface area (Å²) in [5.41, 5.74) is 1.62. The van der Waals surface area contributed by atoms with Crippen LogP contribution in [-0.2, 0) is 0 Å². The van der Waals surface area contributed by atoms with Gasteiger partial charge in [0.2, 0.25) is 0 Å². The molecule has 1 aromatic carbocycles. The average Bonchev–Trinajstić information content (AvgIpc) is 2.39. The van der Waals surface area contributed by atoms with E-state index in [2.05, 4.69) is 6.07 Å². The quantitative estimate of drug-likeness (QED) is 0.756. The number of rotatable bonds is 2. The van der Waals surface area contributed by atoms with Crippen LogP contribution in [0.4, 0.5) is 5.69 Å². The third kappa shape index (κ3) is 1.91. The predicted molar refractivity (Wildman–Crippen MR) is 62.9 cm³/mol. The molecule has 1 aromatic rings. The van der Waals surface area contributed by atoms with E-state index in [0.29, 0.717) is 5.70 Å². The minimum absolute atomic E-state index is 0.660. The Bertz CT molecular complexity index is 466. The van der Waals surface area contributed by atoms with E-state index in [1.807, 2.05) is 47.5 Å². The Balaban J connectivity index is 2.29. The Labute approximate surface area is 94.9 Å². The third-order valence-electron chi connectivity index (χ3n) is 2.43. The van der Waals surface area contributed by atoms with Crippen molar-refractivity contribution in [1.29, 1.82) is 5.26 Å². The van der Waals surface area contributed by atoms with Gasteiger partial charge in [0.15, 0.2) is 0 Å². The fraction of sp³-hybridized carbons (Fsp3) is 0.154. The highest BCUT2D eigenvalue weighted by atomic mass is 16.5. The molecular weight excluding hydrogens is 200 g/mol. The molecule has 0 atom stereocenters. The summed E-state index contributed by atoms with van der Waals surface area (Å²) >= 11 is 0. The molecule has 0 aromatic heterocycles. The van der Waals surface area contributed by atoms with Crippen molar-refractivity contribution in [1.82, 2.24) is 0 Å². The Kier molecular flexibility index (Phi) is 2.93. The van der Waals surface area contributed by atoms with Gasteiger partial charge in [-0.2, -0.15) is 5.26 Å². The second-order valence-electron chi connectivity index (χ2n) is 3.39. The Morgan fingerprint density at radius 1 is 1.31 bits per heavy atom. The van der Waals surface area contributed by atoms with Gasteiger partial charge in [0.05, 0.1) is 7.11 Å². The van der Waals surface area contributed by atoms with E-state index in [1.165, 1.54) is 0 Å². The normalized spacial score (nSPS) is 14.2. The first-order chi connectivity index (χ1) is 7.85. The van der Waals surface area contributed by atoms with E-state index >= 15 is 0 Å². The van der Waals surface area contributed by atoms with Crippen LogP contribution in [0.25, 0.3) is 0 Å². The van der Waals surface area contributed by atoms with Gasteiger partial charge >= 0.3 is 0 Å². The molecule has 3 nitrogen and oxygen atoms in total. The maximum atomic E-state index is 9.00. The number of nitrogens with zero attached hydrogens (tertiary/aromatic N) is 2. The van der Waals surface area contributed by atoms with Crippen LogP contribution in [0.2, 0.25) is 0 Å². The van der Waals surface area contributed by atoms with E-state index in [-0.39, 0.29) is 0 Å². The molecule has 0 saturated carbocycles. The van der Waals surface area contributed by atoms with Crippen molar-refractivity contribution in [3.05, 3.63) is 48.3 Å². The summed E-state index contributed by atoms with van der Waals surface area (Å²) in [5.74, 6) is 0.812. The van der Waals surface area contributed by atoms with Crippen molar-refractivity contribution in [3.8, 4) is 11.8 Å². The Morgan fingerprint density at radius 2 is 2.06 bits per heavy atom. The lowest BCUT2D eigenvalue weighted by atomic mass is 10.2. The first-order valence-corrected chi connectivity index (χ1v) is 5.05. The number of anilines is 1.